The van der Waals surface area contributed by atoms with Gasteiger partial charge in [-0.3, -0.25) is 14.8 Å². The molecule has 0 aliphatic carbocycles. The highest BCUT2D eigenvalue weighted by Gasteiger charge is 2.43. The third-order valence-corrected chi connectivity index (χ3v) is 7.32. The van der Waals surface area contributed by atoms with Gasteiger partial charge in [0, 0.05) is 41.0 Å². The fraction of sp³-hybridized carbons (Fsp3) is 0.393. The molecule has 7 nitrogen and oxygen atoms in total. The van der Waals surface area contributed by atoms with Gasteiger partial charge in [-0.2, -0.15) is 13.2 Å². The van der Waals surface area contributed by atoms with Gasteiger partial charge in [-0.15, -0.1) is 0 Å². The van der Waals surface area contributed by atoms with Crippen molar-refractivity contribution in [2.24, 2.45) is 5.92 Å². The number of benzene rings is 1. The predicted octanol–water partition coefficient (Wildman–Crippen LogP) is 4.87. The van der Waals surface area contributed by atoms with E-state index in [2.05, 4.69) is 15.2 Å². The van der Waals surface area contributed by atoms with Crippen LogP contribution in [-0.2, 0) is 17.3 Å². The van der Waals surface area contributed by atoms with E-state index in [0.29, 0.717) is 37.6 Å². The Morgan fingerprint density at radius 2 is 1.95 bits per heavy atom. The van der Waals surface area contributed by atoms with Gasteiger partial charge in [0.1, 0.15) is 0 Å². The molecule has 0 bridgehead atoms. The van der Waals surface area contributed by atoms with Gasteiger partial charge in [-0.1, -0.05) is 6.07 Å². The molecule has 1 amide bonds. The molecule has 4 heterocycles. The summed E-state index contributed by atoms with van der Waals surface area (Å²) in [6.45, 7) is 7.26. The molecule has 2 N–H and O–H groups in total. The van der Waals surface area contributed by atoms with E-state index in [9.17, 15) is 23.1 Å². The van der Waals surface area contributed by atoms with Crippen LogP contribution in [0.15, 0.2) is 48.8 Å². The molecule has 2 aromatic heterocycles. The lowest BCUT2D eigenvalue weighted by Gasteiger charge is -2.49. The third-order valence-electron chi connectivity index (χ3n) is 7.32. The number of pyridine rings is 2. The van der Waals surface area contributed by atoms with Crippen LogP contribution < -0.4 is 10.2 Å². The number of anilines is 2. The molecule has 2 atom stereocenters. The highest BCUT2D eigenvalue weighted by Crippen LogP contribution is 2.41. The molecular weight excluding hydrogens is 497 g/mol. The molecule has 5 rings (SSSR count). The van der Waals surface area contributed by atoms with Gasteiger partial charge >= 0.3 is 6.18 Å². The zero-order chi connectivity index (χ0) is 27.2. The van der Waals surface area contributed by atoms with Crippen LogP contribution in [0.3, 0.4) is 0 Å². The van der Waals surface area contributed by atoms with Gasteiger partial charge < -0.3 is 20.1 Å². The number of hydrogen-bond donors (Lipinski definition) is 2. The Hall–Kier alpha value is -3.50. The summed E-state index contributed by atoms with van der Waals surface area (Å²) in [6, 6.07) is 8.10. The van der Waals surface area contributed by atoms with Gasteiger partial charge in [0.25, 0.3) is 5.91 Å². The quantitative estimate of drug-likeness (QED) is 0.505. The number of amides is 1. The second-order valence-electron chi connectivity index (χ2n) is 10.4. The van der Waals surface area contributed by atoms with E-state index in [1.54, 1.807) is 12.3 Å². The minimum atomic E-state index is -4.54. The van der Waals surface area contributed by atoms with Crippen molar-refractivity contribution in [1.82, 2.24) is 9.97 Å². The fourth-order valence-corrected chi connectivity index (χ4v) is 5.29. The first kappa shape index (κ1) is 26.1. The standard InChI is InChI=1S/C28H29F3N4O3/c1-16-21(11-20(14-32-16)34-26(36)17-5-4-6-19(9-17)28(29,30)31)18-10-24-23(33-13-18)12-22(27(2,3)37)25-15-38-8-7-35(24)25/h4-6,9-11,13-14,22,25,37H,7-8,12,15H2,1-3H3,(H,34,36)/t22?,25-/m1/s1. The molecule has 1 saturated heterocycles. The number of aryl methyl sites for hydroxylation is 1. The topological polar surface area (TPSA) is 87.6 Å². The van der Waals surface area contributed by atoms with E-state index in [1.807, 2.05) is 26.8 Å². The summed E-state index contributed by atoms with van der Waals surface area (Å²) < 4.78 is 45.0. The summed E-state index contributed by atoms with van der Waals surface area (Å²) in [5, 5.41) is 13.5. The third kappa shape index (κ3) is 5.10. The smallest absolute Gasteiger partial charge is 0.390 e. The maximum atomic E-state index is 13.1. The molecule has 2 aliphatic rings. The zero-order valence-electron chi connectivity index (χ0n) is 21.3. The zero-order valence-corrected chi connectivity index (χ0v) is 21.3. The number of ether oxygens (including phenoxy) is 1. The highest BCUT2D eigenvalue weighted by atomic mass is 19.4. The second-order valence-corrected chi connectivity index (χ2v) is 10.4. The van der Waals surface area contributed by atoms with Crippen LogP contribution in [0.4, 0.5) is 24.5 Å². The van der Waals surface area contributed by atoms with Gasteiger partial charge in [0.05, 0.1) is 53.7 Å². The molecule has 2 aliphatic heterocycles. The average molecular weight is 527 g/mol. The summed E-state index contributed by atoms with van der Waals surface area (Å²) in [4.78, 5) is 24.1. The lowest BCUT2D eigenvalue weighted by Crippen LogP contribution is -2.58. The molecular formula is C28H29F3N4O3. The van der Waals surface area contributed by atoms with Crippen LogP contribution in [0.5, 0.6) is 0 Å². The predicted molar refractivity (Wildman–Crippen MR) is 137 cm³/mol. The van der Waals surface area contributed by atoms with Crippen molar-refractivity contribution in [2.45, 2.75) is 45.0 Å². The largest absolute Gasteiger partial charge is 0.416 e. The van der Waals surface area contributed by atoms with Crippen molar-refractivity contribution in [2.75, 3.05) is 30.0 Å². The first-order valence-corrected chi connectivity index (χ1v) is 12.4. The lowest BCUT2D eigenvalue weighted by atomic mass is 9.77. The summed E-state index contributed by atoms with van der Waals surface area (Å²) in [5.74, 6) is -0.698. The molecule has 0 radical (unpaired) electrons. The molecule has 38 heavy (non-hydrogen) atoms. The first-order chi connectivity index (χ1) is 17.9. The van der Waals surface area contributed by atoms with Gasteiger partial charge in [0.2, 0.25) is 0 Å². The number of nitrogens with one attached hydrogen (secondary N) is 1. The van der Waals surface area contributed by atoms with Gasteiger partial charge in [-0.25, -0.2) is 0 Å². The number of aliphatic hydroxyl groups is 1. The second kappa shape index (κ2) is 9.67. The van der Waals surface area contributed by atoms with E-state index in [-0.39, 0.29) is 17.5 Å². The number of alkyl halides is 3. The summed E-state index contributed by atoms with van der Waals surface area (Å²) in [6.07, 6.45) is -0.694. The summed E-state index contributed by atoms with van der Waals surface area (Å²) in [5.41, 5.74) is 2.62. The van der Waals surface area contributed by atoms with Crippen LogP contribution in [0.2, 0.25) is 0 Å². The molecule has 0 spiro atoms. The minimum absolute atomic E-state index is 0.0191. The normalized spacial score (nSPS) is 19.5. The fourth-order valence-electron chi connectivity index (χ4n) is 5.29. The molecule has 1 unspecified atom stereocenters. The van der Waals surface area contributed by atoms with Crippen molar-refractivity contribution in [3.63, 3.8) is 0 Å². The molecule has 1 aromatic carbocycles. The number of aromatic nitrogens is 2. The lowest BCUT2D eigenvalue weighted by molar-refractivity contribution is -0.137. The Labute approximate surface area is 218 Å². The van der Waals surface area contributed by atoms with E-state index >= 15 is 0 Å². The molecule has 200 valence electrons. The van der Waals surface area contributed by atoms with Crippen LogP contribution in [-0.4, -0.2) is 52.4 Å². The van der Waals surface area contributed by atoms with Gasteiger partial charge in [0.15, 0.2) is 0 Å². The Bertz CT molecular complexity index is 1370. The maximum absolute atomic E-state index is 13.1. The van der Waals surface area contributed by atoms with Crippen molar-refractivity contribution in [3.05, 3.63) is 71.3 Å². The maximum Gasteiger partial charge on any atom is 0.416 e. The number of nitrogens with zero attached hydrogens (tertiary/aromatic N) is 3. The van der Waals surface area contributed by atoms with Crippen LogP contribution >= 0.6 is 0 Å². The van der Waals surface area contributed by atoms with E-state index in [1.165, 1.54) is 18.3 Å². The number of fused-ring (bicyclic) bond motifs is 3. The van der Waals surface area contributed by atoms with E-state index in [0.717, 1.165) is 34.6 Å². The Morgan fingerprint density at radius 3 is 2.68 bits per heavy atom. The molecule has 0 saturated carbocycles. The molecule has 1 fully saturated rings. The van der Waals surface area contributed by atoms with Crippen molar-refractivity contribution >= 4 is 17.3 Å². The SMILES string of the molecule is Cc1ncc(NC(=O)c2cccc(C(F)(F)F)c2)cc1-c1cnc2c(c1)N1CCOC[C@@H]1C(C(C)(C)O)C2. The first-order valence-electron chi connectivity index (χ1n) is 12.4. The number of rotatable bonds is 4. The number of hydrogen-bond acceptors (Lipinski definition) is 6. The van der Waals surface area contributed by atoms with E-state index < -0.39 is 23.2 Å². The number of morpholine rings is 1. The van der Waals surface area contributed by atoms with Gasteiger partial charge in [-0.05, 0) is 57.5 Å². The Kier molecular flexibility index (Phi) is 6.65. The van der Waals surface area contributed by atoms with Crippen molar-refractivity contribution in [3.8, 4) is 11.1 Å². The van der Waals surface area contributed by atoms with Crippen molar-refractivity contribution < 1.29 is 27.8 Å². The average Bonchev–Trinajstić information content (AvgIpc) is 2.88. The summed E-state index contributed by atoms with van der Waals surface area (Å²) in [7, 11) is 0. The Morgan fingerprint density at radius 1 is 1.16 bits per heavy atom. The number of halogens is 3. The van der Waals surface area contributed by atoms with Crippen LogP contribution in [0.1, 0.15) is 41.2 Å². The summed E-state index contributed by atoms with van der Waals surface area (Å²) >= 11 is 0. The minimum Gasteiger partial charge on any atom is -0.390 e. The highest BCUT2D eigenvalue weighted by molar-refractivity contribution is 6.04. The van der Waals surface area contributed by atoms with E-state index in [4.69, 9.17) is 9.72 Å². The monoisotopic (exact) mass is 526 g/mol. The van der Waals surface area contributed by atoms with Crippen LogP contribution in [0.25, 0.3) is 11.1 Å². The number of carbonyl (C=O) groups excluding carboxylic acids is 1. The number of carbonyl (C=O) groups is 1. The van der Waals surface area contributed by atoms with Crippen molar-refractivity contribution in [1.29, 1.82) is 0 Å². The molecule has 3 aromatic rings. The molecule has 10 heteroatoms. The van der Waals surface area contributed by atoms with Crippen LogP contribution in [0, 0.1) is 12.8 Å². The Balaban J connectivity index is 1.44.